The fourth-order valence-corrected chi connectivity index (χ4v) is 6.19. The third-order valence-electron chi connectivity index (χ3n) is 7.22. The summed E-state index contributed by atoms with van der Waals surface area (Å²) in [4.78, 5) is 19.6. The van der Waals surface area contributed by atoms with Crippen LogP contribution in [-0.4, -0.2) is 22.3 Å². The first-order valence-corrected chi connectivity index (χ1v) is 15.5. The van der Waals surface area contributed by atoms with Crippen LogP contribution < -0.4 is 5.32 Å². The van der Waals surface area contributed by atoms with E-state index in [1.54, 1.807) is 17.5 Å². The second kappa shape index (κ2) is 14.7. The molecule has 9 heteroatoms. The number of carbonyl (C=O) groups excluding carboxylic acids is 1. The van der Waals surface area contributed by atoms with E-state index in [9.17, 15) is 18.0 Å². The van der Waals surface area contributed by atoms with Gasteiger partial charge in [0.05, 0.1) is 12.1 Å². The van der Waals surface area contributed by atoms with E-state index in [0.717, 1.165) is 18.1 Å². The Morgan fingerprint density at radius 1 is 0.818 bits per heavy atom. The summed E-state index contributed by atoms with van der Waals surface area (Å²) >= 11 is 7.54. The normalized spacial score (nSPS) is 11.7. The Morgan fingerprint density at radius 3 is 2.05 bits per heavy atom. The molecular weight excluding hydrogens is 603 g/mol. The van der Waals surface area contributed by atoms with Crippen LogP contribution in [0, 0.1) is 0 Å². The van der Waals surface area contributed by atoms with Gasteiger partial charge in [-0.2, -0.15) is 13.2 Å². The Balaban J connectivity index is 1.25. The van der Waals surface area contributed by atoms with Gasteiger partial charge in [-0.3, -0.25) is 9.69 Å². The zero-order valence-corrected chi connectivity index (χ0v) is 25.4. The molecule has 1 N–H and O–H groups in total. The van der Waals surface area contributed by atoms with Gasteiger partial charge in [0, 0.05) is 36.0 Å². The zero-order valence-electron chi connectivity index (χ0n) is 23.8. The maximum atomic E-state index is 13.4. The molecule has 0 saturated heterocycles. The van der Waals surface area contributed by atoms with Gasteiger partial charge >= 0.3 is 6.18 Å². The molecule has 0 bridgehead atoms. The molecule has 226 valence electrons. The molecule has 5 rings (SSSR count). The maximum absolute atomic E-state index is 13.4. The summed E-state index contributed by atoms with van der Waals surface area (Å²) < 4.78 is 40.1. The predicted molar refractivity (Wildman–Crippen MR) is 170 cm³/mol. The Morgan fingerprint density at radius 2 is 1.43 bits per heavy atom. The highest BCUT2D eigenvalue weighted by atomic mass is 35.5. The summed E-state index contributed by atoms with van der Waals surface area (Å²) in [5, 5.41) is 6.00. The first kappa shape index (κ1) is 31.4. The molecule has 0 aliphatic rings. The SMILES string of the molecule is O=C(NCCC(c1ccccc1)c1ccccc1)c1csc(CN(Cc2cccc(Cl)c2)Cc2cccc(C(F)(F)F)c2)n1. The number of alkyl halides is 3. The molecule has 0 aliphatic heterocycles. The molecule has 1 aromatic heterocycles. The van der Waals surface area contributed by atoms with Gasteiger partial charge in [-0.05, 0) is 46.9 Å². The summed E-state index contributed by atoms with van der Waals surface area (Å²) in [5.41, 5.74) is 3.46. The number of thiazole rings is 1. The molecule has 0 aliphatic carbocycles. The quantitative estimate of drug-likeness (QED) is 0.149. The lowest BCUT2D eigenvalue weighted by Crippen LogP contribution is -2.26. The molecule has 0 unspecified atom stereocenters. The van der Waals surface area contributed by atoms with Crippen LogP contribution in [0.2, 0.25) is 5.02 Å². The fourth-order valence-electron chi connectivity index (χ4n) is 5.16. The van der Waals surface area contributed by atoms with Crippen LogP contribution in [0.4, 0.5) is 13.2 Å². The van der Waals surface area contributed by atoms with Crippen molar-refractivity contribution in [2.45, 2.75) is 38.1 Å². The second-order valence-corrected chi connectivity index (χ2v) is 11.9. The highest BCUT2D eigenvalue weighted by Gasteiger charge is 2.30. The minimum atomic E-state index is -4.42. The minimum Gasteiger partial charge on any atom is -0.351 e. The number of nitrogens with one attached hydrogen (secondary N) is 1. The lowest BCUT2D eigenvalue weighted by Gasteiger charge is -2.22. The number of hydrogen-bond donors (Lipinski definition) is 1. The Labute approximate surface area is 264 Å². The number of hydrogen-bond acceptors (Lipinski definition) is 4. The summed E-state index contributed by atoms with van der Waals surface area (Å²) in [5.74, 6) is -0.119. The number of halogens is 4. The molecule has 0 radical (unpaired) electrons. The Hall–Kier alpha value is -3.98. The molecule has 1 heterocycles. The van der Waals surface area contributed by atoms with E-state index in [1.165, 1.54) is 34.6 Å². The van der Waals surface area contributed by atoms with Crippen molar-refractivity contribution in [3.8, 4) is 0 Å². The molecule has 0 atom stereocenters. The van der Waals surface area contributed by atoms with Crippen LogP contribution in [0.3, 0.4) is 0 Å². The number of amides is 1. The third-order valence-corrected chi connectivity index (χ3v) is 8.29. The molecule has 1 amide bonds. The van der Waals surface area contributed by atoms with E-state index in [0.29, 0.717) is 40.9 Å². The fraction of sp³-hybridized carbons (Fsp3) is 0.200. The monoisotopic (exact) mass is 633 g/mol. The molecule has 5 aromatic rings. The van der Waals surface area contributed by atoms with Crippen LogP contribution in [0.15, 0.2) is 115 Å². The van der Waals surface area contributed by atoms with Crippen molar-refractivity contribution in [2.24, 2.45) is 0 Å². The Kier molecular flexibility index (Phi) is 10.5. The first-order valence-electron chi connectivity index (χ1n) is 14.2. The largest absolute Gasteiger partial charge is 0.416 e. The van der Waals surface area contributed by atoms with Crippen LogP contribution in [0.1, 0.15) is 55.7 Å². The van der Waals surface area contributed by atoms with Gasteiger partial charge in [0.15, 0.2) is 0 Å². The third kappa shape index (κ3) is 8.78. The van der Waals surface area contributed by atoms with E-state index in [2.05, 4.69) is 34.6 Å². The van der Waals surface area contributed by atoms with Crippen molar-refractivity contribution in [2.75, 3.05) is 6.54 Å². The van der Waals surface area contributed by atoms with Gasteiger partial charge in [-0.25, -0.2) is 4.98 Å². The van der Waals surface area contributed by atoms with Crippen molar-refractivity contribution in [3.05, 3.63) is 158 Å². The van der Waals surface area contributed by atoms with E-state index in [4.69, 9.17) is 11.6 Å². The topological polar surface area (TPSA) is 45.2 Å². The predicted octanol–water partition coefficient (Wildman–Crippen LogP) is 8.97. The molecule has 0 saturated carbocycles. The van der Waals surface area contributed by atoms with Gasteiger partial charge in [0.1, 0.15) is 10.7 Å². The maximum Gasteiger partial charge on any atom is 0.416 e. The summed E-state index contributed by atoms with van der Waals surface area (Å²) in [7, 11) is 0. The minimum absolute atomic E-state index is 0.139. The van der Waals surface area contributed by atoms with Crippen molar-refractivity contribution in [3.63, 3.8) is 0 Å². The lowest BCUT2D eigenvalue weighted by atomic mass is 9.88. The van der Waals surface area contributed by atoms with Crippen LogP contribution in [0.5, 0.6) is 0 Å². The number of rotatable bonds is 12. The number of carbonyl (C=O) groups is 1. The second-order valence-electron chi connectivity index (χ2n) is 10.5. The van der Waals surface area contributed by atoms with Gasteiger partial charge < -0.3 is 5.32 Å². The van der Waals surface area contributed by atoms with E-state index in [-0.39, 0.29) is 18.4 Å². The average Bonchev–Trinajstić information content (AvgIpc) is 3.48. The molecular formula is C35H31ClF3N3OS. The van der Waals surface area contributed by atoms with Gasteiger partial charge in [-0.1, -0.05) is 103 Å². The number of benzene rings is 4. The van der Waals surface area contributed by atoms with Crippen molar-refractivity contribution >= 4 is 28.8 Å². The van der Waals surface area contributed by atoms with Gasteiger partial charge in [-0.15, -0.1) is 11.3 Å². The standard InChI is InChI=1S/C35H31ClF3N3OS/c36-30-16-8-10-26(20-30)22-42(21-25-9-7-15-29(19-25)35(37,38)39)23-33-41-32(24-44-33)34(43)40-18-17-31(27-11-3-1-4-12-27)28-13-5-2-6-14-28/h1-16,19-20,24,31H,17-18,21-23H2,(H,40,43). The van der Waals surface area contributed by atoms with Crippen LogP contribution in [0.25, 0.3) is 0 Å². The van der Waals surface area contributed by atoms with Crippen LogP contribution >= 0.6 is 22.9 Å². The number of aromatic nitrogens is 1. The van der Waals surface area contributed by atoms with Crippen molar-refractivity contribution < 1.29 is 18.0 Å². The lowest BCUT2D eigenvalue weighted by molar-refractivity contribution is -0.137. The summed E-state index contributed by atoms with van der Waals surface area (Å²) in [6, 6.07) is 33.1. The van der Waals surface area contributed by atoms with Crippen molar-refractivity contribution in [1.29, 1.82) is 0 Å². The smallest absolute Gasteiger partial charge is 0.351 e. The van der Waals surface area contributed by atoms with E-state index in [1.807, 2.05) is 59.5 Å². The first-order chi connectivity index (χ1) is 21.2. The zero-order chi connectivity index (χ0) is 30.9. The summed E-state index contributed by atoms with van der Waals surface area (Å²) in [6.07, 6.45) is -3.70. The molecule has 44 heavy (non-hydrogen) atoms. The Bertz CT molecular complexity index is 1620. The molecule has 0 spiro atoms. The average molecular weight is 634 g/mol. The van der Waals surface area contributed by atoms with Gasteiger partial charge in [0.25, 0.3) is 5.91 Å². The van der Waals surface area contributed by atoms with E-state index < -0.39 is 11.7 Å². The molecule has 0 fully saturated rings. The van der Waals surface area contributed by atoms with Gasteiger partial charge in [0.2, 0.25) is 0 Å². The summed E-state index contributed by atoms with van der Waals surface area (Å²) in [6.45, 7) is 1.53. The highest BCUT2D eigenvalue weighted by molar-refractivity contribution is 7.09. The van der Waals surface area contributed by atoms with Crippen LogP contribution in [-0.2, 0) is 25.8 Å². The molecule has 4 aromatic carbocycles. The molecule has 4 nitrogen and oxygen atoms in total. The van der Waals surface area contributed by atoms with E-state index >= 15 is 0 Å². The highest BCUT2D eigenvalue weighted by Crippen LogP contribution is 2.30. The number of nitrogens with zero attached hydrogens (tertiary/aromatic N) is 2. The van der Waals surface area contributed by atoms with Crippen molar-refractivity contribution in [1.82, 2.24) is 15.2 Å².